The molecular weight excluding hydrogens is 332 g/mol. The maximum absolute atomic E-state index is 9.26. The normalized spacial score (nSPS) is 11.8. The van der Waals surface area contributed by atoms with Crippen molar-refractivity contribution in [3.05, 3.63) is 55.6 Å². The van der Waals surface area contributed by atoms with Crippen LogP contribution in [0.3, 0.4) is 0 Å². The Morgan fingerprint density at radius 3 is 2.78 bits per heavy atom. The van der Waals surface area contributed by atoms with E-state index in [1.807, 2.05) is 23.6 Å². The van der Waals surface area contributed by atoms with Crippen molar-refractivity contribution in [1.29, 1.82) is 5.26 Å². The molecule has 0 unspecified atom stereocenters. The minimum atomic E-state index is 0.425. The number of nitrogens with two attached hydrogens (primary N) is 1. The van der Waals surface area contributed by atoms with Gasteiger partial charge in [-0.3, -0.25) is 0 Å². The summed E-state index contributed by atoms with van der Waals surface area (Å²) in [5.41, 5.74) is 7.71. The van der Waals surface area contributed by atoms with Crippen molar-refractivity contribution in [3.8, 4) is 6.07 Å². The first-order valence-corrected chi connectivity index (χ1v) is 7.07. The molecule has 2 rings (SSSR count). The fourth-order valence-electron chi connectivity index (χ4n) is 1.51. The second kappa shape index (κ2) is 5.57. The van der Waals surface area contributed by atoms with Crippen LogP contribution in [0.15, 0.2) is 40.2 Å². The van der Waals surface area contributed by atoms with Gasteiger partial charge in [0.1, 0.15) is 6.07 Å². The van der Waals surface area contributed by atoms with Crippen LogP contribution in [0.4, 0.5) is 0 Å². The summed E-state index contributed by atoms with van der Waals surface area (Å²) >= 11 is 10.8. The van der Waals surface area contributed by atoms with E-state index < -0.39 is 0 Å². The zero-order valence-electron chi connectivity index (χ0n) is 9.15. The predicted octanol–water partition coefficient (Wildman–Crippen LogP) is 4.51. The Bertz CT molecular complexity index is 642. The second-order valence-electron chi connectivity index (χ2n) is 3.50. The molecule has 2 aromatic rings. The van der Waals surface area contributed by atoms with Crippen LogP contribution in [0.1, 0.15) is 10.4 Å². The molecule has 0 atom stereocenters. The van der Waals surface area contributed by atoms with Crippen molar-refractivity contribution in [3.63, 3.8) is 0 Å². The van der Waals surface area contributed by atoms with Crippen LogP contribution < -0.4 is 5.73 Å². The molecule has 0 aliphatic heterocycles. The fraction of sp³-hybridized carbons (Fsp3) is 0. The average Bonchev–Trinajstić information content (AvgIpc) is 2.87. The molecule has 2 N–H and O–H groups in total. The van der Waals surface area contributed by atoms with E-state index in [1.165, 1.54) is 11.3 Å². The number of nitriles is 1. The highest BCUT2D eigenvalue weighted by Crippen LogP contribution is 2.31. The Morgan fingerprint density at radius 1 is 1.39 bits per heavy atom. The highest BCUT2D eigenvalue weighted by Gasteiger charge is 2.12. The topological polar surface area (TPSA) is 49.8 Å². The molecule has 0 aliphatic rings. The highest BCUT2D eigenvalue weighted by molar-refractivity contribution is 9.10. The zero-order valence-corrected chi connectivity index (χ0v) is 12.3. The van der Waals surface area contributed by atoms with E-state index in [2.05, 4.69) is 22.0 Å². The fourth-order valence-corrected chi connectivity index (χ4v) is 2.87. The van der Waals surface area contributed by atoms with Crippen LogP contribution in [-0.2, 0) is 0 Å². The van der Waals surface area contributed by atoms with Gasteiger partial charge in [0.2, 0.25) is 0 Å². The molecular formula is C13H8BrClN2S. The number of rotatable bonds is 2. The van der Waals surface area contributed by atoms with E-state index in [4.69, 9.17) is 17.3 Å². The summed E-state index contributed by atoms with van der Waals surface area (Å²) in [6.07, 6.45) is 0. The number of nitrogens with zero attached hydrogens (tertiary/aromatic N) is 1. The lowest BCUT2D eigenvalue weighted by Crippen LogP contribution is -2.00. The summed E-state index contributed by atoms with van der Waals surface area (Å²) in [4.78, 5) is 0.849. The second-order valence-corrected chi connectivity index (χ2v) is 5.74. The third kappa shape index (κ3) is 2.59. The van der Waals surface area contributed by atoms with E-state index >= 15 is 0 Å². The SMILES string of the molecule is N#C/C(=C(/N)c1cc(Cl)ccc1Br)c1cccs1. The summed E-state index contributed by atoms with van der Waals surface area (Å²) in [5, 5.41) is 11.8. The van der Waals surface area contributed by atoms with Crippen molar-refractivity contribution in [2.75, 3.05) is 0 Å². The predicted molar refractivity (Wildman–Crippen MR) is 80.1 cm³/mol. The molecule has 1 aromatic carbocycles. The van der Waals surface area contributed by atoms with E-state index in [9.17, 15) is 5.26 Å². The van der Waals surface area contributed by atoms with Crippen LogP contribution >= 0.6 is 38.9 Å². The summed E-state index contributed by atoms with van der Waals surface area (Å²) < 4.78 is 0.814. The first-order valence-electron chi connectivity index (χ1n) is 5.02. The van der Waals surface area contributed by atoms with Gasteiger partial charge in [-0.2, -0.15) is 5.26 Å². The largest absolute Gasteiger partial charge is 0.397 e. The third-order valence-corrected chi connectivity index (χ3v) is 4.18. The molecule has 0 radical (unpaired) electrons. The Hall–Kier alpha value is -1.28. The maximum atomic E-state index is 9.26. The molecule has 0 saturated heterocycles. The molecule has 18 heavy (non-hydrogen) atoms. The van der Waals surface area contributed by atoms with Gasteiger partial charge in [0.15, 0.2) is 0 Å². The van der Waals surface area contributed by atoms with Crippen molar-refractivity contribution >= 4 is 50.1 Å². The zero-order chi connectivity index (χ0) is 13.1. The molecule has 0 saturated carbocycles. The first kappa shape index (κ1) is 13.2. The number of allylic oxidation sites excluding steroid dienone is 1. The van der Waals surface area contributed by atoms with E-state index in [0.717, 1.165) is 14.9 Å². The van der Waals surface area contributed by atoms with Gasteiger partial charge in [0, 0.05) is 19.9 Å². The molecule has 2 nitrogen and oxygen atoms in total. The lowest BCUT2D eigenvalue weighted by Gasteiger charge is -2.07. The first-order chi connectivity index (χ1) is 8.63. The van der Waals surface area contributed by atoms with Crippen LogP contribution in [-0.4, -0.2) is 0 Å². The smallest absolute Gasteiger partial charge is 0.103 e. The standard InChI is InChI=1S/C13H8BrClN2S/c14-11-4-3-8(15)6-9(11)13(17)10(7-16)12-2-1-5-18-12/h1-6H,17H2/b13-10-. The Kier molecular flexibility index (Phi) is 4.07. The summed E-state index contributed by atoms with van der Waals surface area (Å²) in [5.74, 6) is 0. The minimum Gasteiger partial charge on any atom is -0.397 e. The monoisotopic (exact) mass is 338 g/mol. The van der Waals surface area contributed by atoms with E-state index in [1.54, 1.807) is 12.1 Å². The molecule has 0 bridgehead atoms. The Morgan fingerprint density at radius 2 is 2.17 bits per heavy atom. The van der Waals surface area contributed by atoms with Crippen molar-refractivity contribution < 1.29 is 0 Å². The van der Waals surface area contributed by atoms with Crippen LogP contribution in [0.5, 0.6) is 0 Å². The number of benzene rings is 1. The Balaban J connectivity index is 2.62. The summed E-state index contributed by atoms with van der Waals surface area (Å²) in [6, 6.07) is 11.2. The van der Waals surface area contributed by atoms with Crippen molar-refractivity contribution in [2.45, 2.75) is 0 Å². The van der Waals surface area contributed by atoms with Crippen LogP contribution in [0, 0.1) is 11.3 Å². The van der Waals surface area contributed by atoms with Gasteiger partial charge < -0.3 is 5.73 Å². The molecule has 0 aliphatic carbocycles. The van der Waals surface area contributed by atoms with E-state index in [-0.39, 0.29) is 0 Å². The van der Waals surface area contributed by atoms with Gasteiger partial charge in [-0.1, -0.05) is 33.6 Å². The average molecular weight is 340 g/mol. The summed E-state index contributed by atoms with van der Waals surface area (Å²) in [7, 11) is 0. The maximum Gasteiger partial charge on any atom is 0.103 e. The minimum absolute atomic E-state index is 0.425. The van der Waals surface area contributed by atoms with Gasteiger partial charge in [-0.15, -0.1) is 11.3 Å². The number of thiophene rings is 1. The van der Waals surface area contributed by atoms with Crippen molar-refractivity contribution in [1.82, 2.24) is 0 Å². The van der Waals surface area contributed by atoms with Gasteiger partial charge >= 0.3 is 0 Å². The van der Waals surface area contributed by atoms with Gasteiger partial charge in [0.05, 0.1) is 11.3 Å². The highest BCUT2D eigenvalue weighted by atomic mass is 79.9. The number of hydrogen-bond donors (Lipinski definition) is 1. The molecule has 1 heterocycles. The summed E-state index contributed by atoms with van der Waals surface area (Å²) in [6.45, 7) is 0. The third-order valence-electron chi connectivity index (χ3n) is 2.37. The Labute approximate surface area is 122 Å². The van der Waals surface area contributed by atoms with E-state index in [0.29, 0.717) is 16.3 Å². The molecule has 0 amide bonds. The molecule has 90 valence electrons. The van der Waals surface area contributed by atoms with Crippen LogP contribution in [0.2, 0.25) is 5.02 Å². The molecule has 0 fully saturated rings. The molecule has 0 spiro atoms. The van der Waals surface area contributed by atoms with Gasteiger partial charge in [-0.05, 0) is 29.6 Å². The number of halogens is 2. The van der Waals surface area contributed by atoms with Crippen LogP contribution in [0.25, 0.3) is 11.3 Å². The van der Waals surface area contributed by atoms with Crippen molar-refractivity contribution in [2.24, 2.45) is 5.73 Å². The van der Waals surface area contributed by atoms with Gasteiger partial charge in [-0.25, -0.2) is 0 Å². The lowest BCUT2D eigenvalue weighted by molar-refractivity contribution is 1.47. The van der Waals surface area contributed by atoms with Gasteiger partial charge in [0.25, 0.3) is 0 Å². The number of hydrogen-bond acceptors (Lipinski definition) is 3. The lowest BCUT2D eigenvalue weighted by atomic mass is 10.1. The quantitative estimate of drug-likeness (QED) is 0.818. The molecule has 1 aromatic heterocycles. The molecule has 5 heteroatoms.